The zero-order valence-corrected chi connectivity index (χ0v) is 13.8. The molecule has 0 saturated carbocycles. The van der Waals surface area contributed by atoms with Crippen molar-refractivity contribution in [3.8, 4) is 0 Å². The molecule has 23 heavy (non-hydrogen) atoms. The molecule has 2 aromatic rings. The Bertz CT molecular complexity index is 781. The molecule has 8 nitrogen and oxygen atoms in total. The standard InChI is InChI=1S/C14H18N4O4S/c1-9(2)14-18-17-13(22-14)8-15-23(20,21)12-6-4-11(5-7-12)16-10(3)19/h4-7,9,15H,8H2,1-3H3,(H,16,19). The van der Waals surface area contributed by atoms with Gasteiger partial charge in [0.05, 0.1) is 11.4 Å². The second-order valence-electron chi connectivity index (χ2n) is 5.22. The third-order valence-corrected chi connectivity index (χ3v) is 4.29. The van der Waals surface area contributed by atoms with Gasteiger partial charge in [0, 0.05) is 18.5 Å². The molecule has 0 saturated heterocycles. The summed E-state index contributed by atoms with van der Waals surface area (Å²) in [6.07, 6.45) is 0. The van der Waals surface area contributed by atoms with Crippen molar-refractivity contribution in [1.29, 1.82) is 0 Å². The average molecular weight is 338 g/mol. The normalized spacial score (nSPS) is 11.7. The summed E-state index contributed by atoms with van der Waals surface area (Å²) >= 11 is 0. The number of hydrogen-bond acceptors (Lipinski definition) is 6. The molecule has 0 bridgehead atoms. The van der Waals surface area contributed by atoms with Crippen molar-refractivity contribution in [3.05, 3.63) is 36.0 Å². The summed E-state index contributed by atoms with van der Waals surface area (Å²) in [4.78, 5) is 11.0. The maximum atomic E-state index is 12.2. The van der Waals surface area contributed by atoms with Gasteiger partial charge in [0.15, 0.2) is 0 Å². The van der Waals surface area contributed by atoms with Crippen molar-refractivity contribution >= 4 is 21.6 Å². The summed E-state index contributed by atoms with van der Waals surface area (Å²) in [5.41, 5.74) is 0.523. The fourth-order valence-corrected chi connectivity index (χ4v) is 2.71. The number of rotatable bonds is 6. The van der Waals surface area contributed by atoms with Gasteiger partial charge >= 0.3 is 0 Å². The van der Waals surface area contributed by atoms with Crippen LogP contribution in [-0.2, 0) is 21.4 Å². The van der Waals surface area contributed by atoms with Crippen LogP contribution >= 0.6 is 0 Å². The fraction of sp³-hybridized carbons (Fsp3) is 0.357. The Hall–Kier alpha value is -2.26. The smallest absolute Gasteiger partial charge is 0.241 e. The maximum Gasteiger partial charge on any atom is 0.241 e. The third-order valence-electron chi connectivity index (χ3n) is 2.87. The lowest BCUT2D eigenvalue weighted by molar-refractivity contribution is -0.114. The molecule has 0 unspecified atom stereocenters. The molecule has 0 spiro atoms. The van der Waals surface area contributed by atoms with Gasteiger partial charge in [0.1, 0.15) is 0 Å². The topological polar surface area (TPSA) is 114 Å². The van der Waals surface area contributed by atoms with E-state index in [2.05, 4.69) is 20.2 Å². The highest BCUT2D eigenvalue weighted by molar-refractivity contribution is 7.89. The second-order valence-corrected chi connectivity index (χ2v) is 6.99. The van der Waals surface area contributed by atoms with Crippen molar-refractivity contribution in [3.63, 3.8) is 0 Å². The Balaban J connectivity index is 2.04. The van der Waals surface area contributed by atoms with E-state index in [1.165, 1.54) is 31.2 Å². The van der Waals surface area contributed by atoms with Gasteiger partial charge in [0.25, 0.3) is 0 Å². The average Bonchev–Trinajstić information content (AvgIpc) is 2.94. The summed E-state index contributed by atoms with van der Waals surface area (Å²) in [5.74, 6) is 0.510. The van der Waals surface area contributed by atoms with Gasteiger partial charge in [-0.3, -0.25) is 4.79 Å². The molecule has 0 radical (unpaired) electrons. The number of sulfonamides is 1. The molecule has 0 aliphatic heterocycles. The van der Waals surface area contributed by atoms with Gasteiger partial charge in [-0.15, -0.1) is 10.2 Å². The number of benzene rings is 1. The van der Waals surface area contributed by atoms with E-state index in [-0.39, 0.29) is 29.2 Å². The minimum absolute atomic E-state index is 0.0779. The first kappa shape index (κ1) is 17.1. The van der Waals surface area contributed by atoms with Crippen LogP contribution in [0.3, 0.4) is 0 Å². The van der Waals surface area contributed by atoms with E-state index in [1.54, 1.807) is 0 Å². The molecule has 1 amide bonds. The largest absolute Gasteiger partial charge is 0.424 e. The SMILES string of the molecule is CC(=O)Nc1ccc(S(=O)(=O)NCc2nnc(C(C)C)o2)cc1. The quantitative estimate of drug-likeness (QED) is 0.827. The van der Waals surface area contributed by atoms with Gasteiger partial charge in [-0.25, -0.2) is 13.1 Å². The molecule has 9 heteroatoms. The number of carbonyl (C=O) groups is 1. The number of nitrogens with one attached hydrogen (secondary N) is 2. The van der Waals surface area contributed by atoms with Crippen LogP contribution < -0.4 is 10.0 Å². The van der Waals surface area contributed by atoms with E-state index in [0.29, 0.717) is 11.6 Å². The maximum absolute atomic E-state index is 12.2. The van der Waals surface area contributed by atoms with E-state index in [4.69, 9.17) is 4.42 Å². The first-order valence-electron chi connectivity index (χ1n) is 6.97. The number of anilines is 1. The summed E-state index contributed by atoms with van der Waals surface area (Å²) < 4.78 is 32.1. The molecule has 2 rings (SSSR count). The summed E-state index contributed by atoms with van der Waals surface area (Å²) in [7, 11) is -3.71. The summed E-state index contributed by atoms with van der Waals surface area (Å²) in [6.45, 7) is 5.09. The molecule has 0 fully saturated rings. The predicted molar refractivity (Wildman–Crippen MR) is 83.2 cm³/mol. The van der Waals surface area contributed by atoms with Crippen LogP contribution in [0.4, 0.5) is 5.69 Å². The van der Waals surface area contributed by atoms with Crippen LogP contribution in [0.5, 0.6) is 0 Å². The van der Waals surface area contributed by atoms with E-state index in [0.717, 1.165) is 0 Å². The zero-order chi connectivity index (χ0) is 17.0. The lowest BCUT2D eigenvalue weighted by atomic mass is 10.2. The van der Waals surface area contributed by atoms with Crippen molar-refractivity contribution in [2.75, 3.05) is 5.32 Å². The minimum atomic E-state index is -3.71. The van der Waals surface area contributed by atoms with Gasteiger partial charge in [-0.2, -0.15) is 0 Å². The number of amides is 1. The molecule has 124 valence electrons. The van der Waals surface area contributed by atoms with Crippen molar-refractivity contribution in [2.45, 2.75) is 38.1 Å². The lowest BCUT2D eigenvalue weighted by Gasteiger charge is -2.06. The Morgan fingerprint density at radius 1 is 1.22 bits per heavy atom. The number of carbonyl (C=O) groups excluding carboxylic acids is 1. The fourth-order valence-electron chi connectivity index (χ4n) is 1.73. The highest BCUT2D eigenvalue weighted by atomic mass is 32.2. The first-order chi connectivity index (χ1) is 10.8. The highest BCUT2D eigenvalue weighted by Crippen LogP contribution is 2.15. The number of hydrogen-bond donors (Lipinski definition) is 2. The van der Waals surface area contributed by atoms with Crippen LogP contribution in [0.15, 0.2) is 33.6 Å². The Kier molecular flexibility index (Phi) is 5.12. The second kappa shape index (κ2) is 6.88. The Morgan fingerprint density at radius 2 is 1.87 bits per heavy atom. The number of nitrogens with zero attached hydrogens (tertiary/aromatic N) is 2. The van der Waals surface area contributed by atoms with E-state index in [1.807, 2.05) is 13.8 Å². The molecule has 1 aromatic heterocycles. The van der Waals surface area contributed by atoms with Gasteiger partial charge < -0.3 is 9.73 Å². The van der Waals surface area contributed by atoms with Crippen LogP contribution in [0.2, 0.25) is 0 Å². The van der Waals surface area contributed by atoms with Crippen LogP contribution in [-0.4, -0.2) is 24.5 Å². The van der Waals surface area contributed by atoms with Crippen LogP contribution in [0.25, 0.3) is 0 Å². The Morgan fingerprint density at radius 3 is 2.39 bits per heavy atom. The van der Waals surface area contributed by atoms with Gasteiger partial charge in [-0.1, -0.05) is 13.8 Å². The third kappa shape index (κ3) is 4.60. The van der Waals surface area contributed by atoms with Crippen molar-refractivity contribution < 1.29 is 17.6 Å². The van der Waals surface area contributed by atoms with E-state index in [9.17, 15) is 13.2 Å². The predicted octanol–water partition coefficient (Wildman–Crippen LogP) is 1.63. The van der Waals surface area contributed by atoms with Crippen LogP contribution in [0.1, 0.15) is 38.5 Å². The summed E-state index contributed by atoms with van der Waals surface area (Å²) in [5, 5.41) is 10.2. The molecule has 2 N–H and O–H groups in total. The first-order valence-corrected chi connectivity index (χ1v) is 8.46. The van der Waals surface area contributed by atoms with E-state index < -0.39 is 10.0 Å². The lowest BCUT2D eigenvalue weighted by Crippen LogP contribution is -2.23. The van der Waals surface area contributed by atoms with Gasteiger partial charge in [0.2, 0.25) is 27.7 Å². The monoisotopic (exact) mass is 338 g/mol. The molecule has 0 atom stereocenters. The molecular formula is C14H18N4O4S. The molecular weight excluding hydrogens is 320 g/mol. The molecule has 0 aliphatic rings. The van der Waals surface area contributed by atoms with Gasteiger partial charge in [-0.05, 0) is 24.3 Å². The molecule has 1 heterocycles. The molecule has 1 aromatic carbocycles. The van der Waals surface area contributed by atoms with E-state index >= 15 is 0 Å². The van der Waals surface area contributed by atoms with Crippen molar-refractivity contribution in [1.82, 2.24) is 14.9 Å². The zero-order valence-electron chi connectivity index (χ0n) is 13.0. The highest BCUT2D eigenvalue weighted by Gasteiger charge is 2.16. The van der Waals surface area contributed by atoms with Crippen LogP contribution in [0, 0.1) is 0 Å². The van der Waals surface area contributed by atoms with Crippen molar-refractivity contribution in [2.24, 2.45) is 0 Å². The summed E-state index contributed by atoms with van der Waals surface area (Å²) in [6, 6.07) is 5.83. The number of aromatic nitrogens is 2. The molecule has 0 aliphatic carbocycles. The minimum Gasteiger partial charge on any atom is -0.424 e. The Labute approximate surface area is 134 Å².